The normalized spacial score (nSPS) is 17.4. The van der Waals surface area contributed by atoms with Crippen molar-refractivity contribution in [3.63, 3.8) is 0 Å². The van der Waals surface area contributed by atoms with Crippen LogP contribution in [0.4, 0.5) is 13.2 Å². The maximum Gasteiger partial charge on any atom is 0.416 e. The second kappa shape index (κ2) is 8.73. The lowest BCUT2D eigenvalue weighted by molar-refractivity contribution is -0.156. The topological polar surface area (TPSA) is 64.6 Å². The first-order valence-corrected chi connectivity index (χ1v) is 9.02. The number of halogens is 3. The van der Waals surface area contributed by atoms with Crippen molar-refractivity contribution in [1.82, 2.24) is 5.32 Å². The van der Waals surface area contributed by atoms with Gasteiger partial charge in [0.1, 0.15) is 0 Å². The molecule has 1 unspecified atom stereocenters. The second-order valence-corrected chi connectivity index (χ2v) is 6.44. The van der Waals surface area contributed by atoms with Crippen molar-refractivity contribution in [2.24, 2.45) is 0 Å². The van der Waals surface area contributed by atoms with E-state index in [1.165, 1.54) is 6.07 Å². The van der Waals surface area contributed by atoms with E-state index in [1.54, 1.807) is 13.8 Å². The Morgan fingerprint density at radius 1 is 1.19 bits per heavy atom. The molecule has 0 aliphatic heterocycles. The monoisotopic (exact) mass is 387 g/mol. The summed E-state index contributed by atoms with van der Waals surface area (Å²) in [5, 5.41) is 2.56. The molecule has 0 heterocycles. The quantitative estimate of drug-likeness (QED) is 0.725. The van der Waals surface area contributed by atoms with Gasteiger partial charge in [0, 0.05) is 12.2 Å². The van der Waals surface area contributed by atoms with E-state index in [0.717, 1.165) is 31.0 Å². The molecule has 0 spiro atoms. The summed E-state index contributed by atoms with van der Waals surface area (Å²) < 4.78 is 49.6. The lowest BCUT2D eigenvalue weighted by Crippen LogP contribution is -2.57. The molecule has 1 aliphatic rings. The smallest absolute Gasteiger partial charge is 0.416 e. The molecular formula is C19H24F3NO4. The van der Waals surface area contributed by atoms with Crippen LogP contribution in [0.5, 0.6) is 0 Å². The van der Waals surface area contributed by atoms with E-state index >= 15 is 0 Å². The summed E-state index contributed by atoms with van der Waals surface area (Å²) >= 11 is 0. The summed E-state index contributed by atoms with van der Waals surface area (Å²) in [7, 11) is 0. The molecule has 1 aliphatic carbocycles. The van der Waals surface area contributed by atoms with E-state index in [2.05, 4.69) is 5.32 Å². The highest BCUT2D eigenvalue weighted by Gasteiger charge is 2.48. The molecule has 1 N–H and O–H groups in total. The average Bonchev–Trinajstić information content (AvgIpc) is 3.08. The zero-order valence-corrected chi connectivity index (χ0v) is 15.4. The molecule has 150 valence electrons. The summed E-state index contributed by atoms with van der Waals surface area (Å²) in [6.45, 7) is 3.90. The zero-order chi connectivity index (χ0) is 20.1. The molecule has 2 rings (SSSR count). The second-order valence-electron chi connectivity index (χ2n) is 6.44. The van der Waals surface area contributed by atoms with Crippen LogP contribution in [0.2, 0.25) is 0 Å². The molecule has 0 radical (unpaired) electrons. The molecule has 1 fully saturated rings. The fourth-order valence-corrected chi connectivity index (χ4v) is 3.46. The van der Waals surface area contributed by atoms with E-state index in [4.69, 9.17) is 9.47 Å². The molecule has 1 saturated carbocycles. The fraction of sp³-hybridized carbons (Fsp3) is 0.579. The number of esters is 1. The minimum absolute atomic E-state index is 0.122. The van der Waals surface area contributed by atoms with Crippen LogP contribution < -0.4 is 5.32 Å². The van der Waals surface area contributed by atoms with Gasteiger partial charge in [-0.2, -0.15) is 13.2 Å². The summed E-state index contributed by atoms with van der Waals surface area (Å²) in [5.74, 6) is -1.42. The SMILES string of the molecule is CCOC(=O)C(NC(=O)c1cccc(C(F)(F)F)c1)C1(OCC)CCCC1. The Morgan fingerprint density at radius 2 is 1.85 bits per heavy atom. The predicted molar refractivity (Wildman–Crippen MR) is 92.2 cm³/mol. The van der Waals surface area contributed by atoms with Gasteiger partial charge in [-0.05, 0) is 44.9 Å². The Bertz CT molecular complexity index is 669. The summed E-state index contributed by atoms with van der Waals surface area (Å²) in [5.41, 5.74) is -2.01. The van der Waals surface area contributed by atoms with Crippen LogP contribution in [-0.4, -0.2) is 36.7 Å². The van der Waals surface area contributed by atoms with Crippen LogP contribution in [0, 0.1) is 0 Å². The standard InChI is InChI=1S/C19H24F3NO4/c1-3-26-17(25)15(18(27-4-2)10-5-6-11-18)23-16(24)13-8-7-9-14(12-13)19(20,21)22/h7-9,12,15H,3-6,10-11H2,1-2H3,(H,23,24). The number of alkyl halides is 3. The van der Waals surface area contributed by atoms with Gasteiger partial charge in [0.05, 0.1) is 17.8 Å². The van der Waals surface area contributed by atoms with Crippen molar-refractivity contribution in [1.29, 1.82) is 0 Å². The fourth-order valence-electron chi connectivity index (χ4n) is 3.46. The van der Waals surface area contributed by atoms with Crippen LogP contribution in [0.25, 0.3) is 0 Å². The van der Waals surface area contributed by atoms with Crippen molar-refractivity contribution in [2.75, 3.05) is 13.2 Å². The van der Waals surface area contributed by atoms with Gasteiger partial charge in [0.2, 0.25) is 0 Å². The highest BCUT2D eigenvalue weighted by molar-refractivity contribution is 5.97. The van der Waals surface area contributed by atoms with Crippen molar-refractivity contribution in [3.8, 4) is 0 Å². The highest BCUT2D eigenvalue weighted by atomic mass is 19.4. The van der Waals surface area contributed by atoms with Gasteiger partial charge in [-0.3, -0.25) is 4.79 Å². The Hall–Kier alpha value is -2.09. The van der Waals surface area contributed by atoms with Gasteiger partial charge >= 0.3 is 12.1 Å². The van der Waals surface area contributed by atoms with E-state index in [9.17, 15) is 22.8 Å². The molecule has 0 aromatic heterocycles. The van der Waals surface area contributed by atoms with E-state index < -0.39 is 35.3 Å². The van der Waals surface area contributed by atoms with Gasteiger partial charge in [-0.25, -0.2) is 4.79 Å². The molecule has 1 atom stereocenters. The largest absolute Gasteiger partial charge is 0.464 e. The third-order valence-corrected chi connectivity index (χ3v) is 4.66. The van der Waals surface area contributed by atoms with Crippen LogP contribution in [0.15, 0.2) is 24.3 Å². The number of carbonyl (C=O) groups excluding carboxylic acids is 2. The number of nitrogens with one attached hydrogen (secondary N) is 1. The van der Waals surface area contributed by atoms with Crippen LogP contribution in [-0.2, 0) is 20.4 Å². The first-order chi connectivity index (χ1) is 12.7. The molecule has 1 aromatic rings. The van der Waals surface area contributed by atoms with E-state index in [1.807, 2.05) is 0 Å². The molecule has 27 heavy (non-hydrogen) atoms. The Morgan fingerprint density at radius 3 is 2.41 bits per heavy atom. The number of amides is 1. The Kier molecular flexibility index (Phi) is 6.86. The van der Waals surface area contributed by atoms with Crippen molar-refractivity contribution >= 4 is 11.9 Å². The Labute approximate surface area is 156 Å². The first kappa shape index (κ1) is 21.2. The van der Waals surface area contributed by atoms with Crippen molar-refractivity contribution in [2.45, 2.75) is 57.3 Å². The summed E-state index contributed by atoms with van der Waals surface area (Å²) in [6.07, 6.45) is -1.78. The molecule has 8 heteroatoms. The van der Waals surface area contributed by atoms with E-state index in [0.29, 0.717) is 19.4 Å². The zero-order valence-electron chi connectivity index (χ0n) is 15.4. The maximum absolute atomic E-state index is 12.9. The number of carbonyl (C=O) groups is 2. The van der Waals surface area contributed by atoms with Crippen molar-refractivity contribution in [3.05, 3.63) is 35.4 Å². The van der Waals surface area contributed by atoms with Crippen LogP contribution >= 0.6 is 0 Å². The molecule has 0 bridgehead atoms. The summed E-state index contributed by atoms with van der Waals surface area (Å²) in [4.78, 5) is 25.1. The molecule has 0 saturated heterocycles. The van der Waals surface area contributed by atoms with Crippen molar-refractivity contribution < 1.29 is 32.2 Å². The number of hydrogen-bond acceptors (Lipinski definition) is 4. The average molecular weight is 387 g/mol. The van der Waals surface area contributed by atoms with E-state index in [-0.39, 0.29) is 12.2 Å². The molecule has 5 nitrogen and oxygen atoms in total. The lowest BCUT2D eigenvalue weighted by Gasteiger charge is -2.36. The predicted octanol–water partition coefficient (Wildman–Crippen LogP) is 3.72. The number of hydrogen-bond donors (Lipinski definition) is 1. The Balaban J connectivity index is 2.29. The molecule has 1 aromatic carbocycles. The van der Waals surface area contributed by atoms with Gasteiger partial charge in [0.25, 0.3) is 5.91 Å². The summed E-state index contributed by atoms with van der Waals surface area (Å²) in [6, 6.07) is 3.00. The number of rotatable bonds is 7. The first-order valence-electron chi connectivity index (χ1n) is 9.02. The highest BCUT2D eigenvalue weighted by Crippen LogP contribution is 2.37. The molecule has 1 amide bonds. The maximum atomic E-state index is 12.9. The number of ether oxygens (including phenoxy) is 2. The third kappa shape index (κ3) is 5.00. The number of benzene rings is 1. The van der Waals surface area contributed by atoms with Gasteiger partial charge in [0.15, 0.2) is 6.04 Å². The minimum atomic E-state index is -4.56. The third-order valence-electron chi connectivity index (χ3n) is 4.66. The van der Waals surface area contributed by atoms with Crippen LogP contribution in [0.3, 0.4) is 0 Å². The van der Waals surface area contributed by atoms with Gasteiger partial charge < -0.3 is 14.8 Å². The van der Waals surface area contributed by atoms with Gasteiger partial charge in [-0.15, -0.1) is 0 Å². The lowest BCUT2D eigenvalue weighted by atomic mass is 9.91. The van der Waals surface area contributed by atoms with Crippen LogP contribution in [0.1, 0.15) is 55.5 Å². The molecular weight excluding hydrogens is 363 g/mol. The minimum Gasteiger partial charge on any atom is -0.464 e. The van der Waals surface area contributed by atoms with Gasteiger partial charge in [-0.1, -0.05) is 18.9 Å².